The summed E-state index contributed by atoms with van der Waals surface area (Å²) in [7, 11) is 0. The fourth-order valence-corrected chi connectivity index (χ4v) is 3.06. The van der Waals surface area contributed by atoms with E-state index < -0.39 is 0 Å². The number of hydrogen-bond donors (Lipinski definition) is 0. The summed E-state index contributed by atoms with van der Waals surface area (Å²) in [5, 5.41) is 1.02. The molecule has 0 saturated carbocycles. The van der Waals surface area contributed by atoms with Crippen LogP contribution in [0.25, 0.3) is 22.1 Å². The van der Waals surface area contributed by atoms with Gasteiger partial charge >= 0.3 is 5.63 Å². The second-order valence-corrected chi connectivity index (χ2v) is 5.33. The van der Waals surface area contributed by atoms with Gasteiger partial charge in [0.05, 0.1) is 0 Å². The number of oxazole rings is 1. The maximum Gasteiger partial charge on any atom is 0.339 e. The van der Waals surface area contributed by atoms with E-state index in [-0.39, 0.29) is 5.63 Å². The minimum absolute atomic E-state index is 0.193. The summed E-state index contributed by atoms with van der Waals surface area (Å²) in [6, 6.07) is 3.80. The summed E-state index contributed by atoms with van der Waals surface area (Å²) < 4.78 is 11.1. The molecule has 102 valence electrons. The number of rotatable bonds is 1. The lowest BCUT2D eigenvalue weighted by atomic mass is 9.90. The molecule has 0 amide bonds. The highest BCUT2D eigenvalue weighted by Gasteiger charge is 2.19. The molecule has 0 radical (unpaired) electrons. The number of aryl methyl sites for hydroxylation is 2. The molecule has 0 fully saturated rings. The quantitative estimate of drug-likeness (QED) is 0.635. The van der Waals surface area contributed by atoms with E-state index in [0.717, 1.165) is 54.1 Å². The van der Waals surface area contributed by atoms with Crippen molar-refractivity contribution in [3.8, 4) is 0 Å². The Labute approximate surface area is 115 Å². The molecule has 0 saturated heterocycles. The van der Waals surface area contributed by atoms with Gasteiger partial charge in [0.1, 0.15) is 11.1 Å². The monoisotopic (exact) mass is 269 g/mol. The molecular formula is C16H15NO3. The lowest BCUT2D eigenvalue weighted by molar-refractivity contribution is 0.527. The van der Waals surface area contributed by atoms with Crippen molar-refractivity contribution in [2.75, 3.05) is 0 Å². The number of benzene rings is 1. The highest BCUT2D eigenvalue weighted by atomic mass is 16.4. The first-order chi connectivity index (χ1) is 9.76. The summed E-state index contributed by atoms with van der Waals surface area (Å²) in [6.07, 6.45) is 4.72. The minimum atomic E-state index is -0.193. The van der Waals surface area contributed by atoms with Gasteiger partial charge in [-0.15, -0.1) is 0 Å². The standard InChI is InChI=1S/C16H15NO3/c1-2-15-17-12-7-11-9-5-3-4-6-10(9)16(18)20-13(11)8-14(12)19-15/h7-8H,2-6H2,1H3. The molecule has 0 spiro atoms. The van der Waals surface area contributed by atoms with Crippen LogP contribution in [0.1, 0.15) is 36.8 Å². The Morgan fingerprint density at radius 1 is 1.10 bits per heavy atom. The fourth-order valence-electron chi connectivity index (χ4n) is 3.06. The van der Waals surface area contributed by atoms with Gasteiger partial charge in [-0.3, -0.25) is 0 Å². The number of hydrogen-bond acceptors (Lipinski definition) is 4. The summed E-state index contributed by atoms with van der Waals surface area (Å²) in [4.78, 5) is 16.5. The third kappa shape index (κ3) is 1.60. The van der Waals surface area contributed by atoms with Gasteiger partial charge in [0, 0.05) is 23.4 Å². The Hall–Kier alpha value is -2.10. The Kier molecular flexibility index (Phi) is 2.46. The van der Waals surface area contributed by atoms with Crippen molar-refractivity contribution < 1.29 is 8.83 Å². The smallest absolute Gasteiger partial charge is 0.339 e. The third-order valence-corrected chi connectivity index (χ3v) is 4.08. The van der Waals surface area contributed by atoms with Crippen LogP contribution in [0.2, 0.25) is 0 Å². The SMILES string of the molecule is CCc1nc2cc3c4c(c(=O)oc3cc2o1)CCCC4. The highest BCUT2D eigenvalue weighted by Crippen LogP contribution is 2.30. The molecule has 4 nitrogen and oxygen atoms in total. The Bertz CT molecular complexity index is 873. The first-order valence-electron chi connectivity index (χ1n) is 7.14. The van der Waals surface area contributed by atoms with Crippen molar-refractivity contribution >= 4 is 22.1 Å². The predicted molar refractivity (Wildman–Crippen MR) is 76.1 cm³/mol. The molecule has 4 rings (SSSR count). The first-order valence-corrected chi connectivity index (χ1v) is 7.14. The van der Waals surface area contributed by atoms with Crippen molar-refractivity contribution in [1.29, 1.82) is 0 Å². The second kappa shape index (κ2) is 4.20. The maximum absolute atomic E-state index is 12.1. The van der Waals surface area contributed by atoms with Gasteiger partial charge in [0.15, 0.2) is 11.5 Å². The molecule has 3 aromatic rings. The molecule has 4 heteroatoms. The molecule has 1 aliphatic rings. The average molecular weight is 269 g/mol. The van der Waals surface area contributed by atoms with E-state index in [9.17, 15) is 4.79 Å². The zero-order chi connectivity index (χ0) is 13.7. The molecule has 2 aromatic heterocycles. The molecule has 1 aromatic carbocycles. The lowest BCUT2D eigenvalue weighted by Gasteiger charge is -2.15. The van der Waals surface area contributed by atoms with Gasteiger partial charge in [-0.25, -0.2) is 9.78 Å². The van der Waals surface area contributed by atoms with E-state index in [1.807, 2.05) is 13.0 Å². The molecule has 0 bridgehead atoms. The highest BCUT2D eigenvalue weighted by molar-refractivity contribution is 5.93. The van der Waals surface area contributed by atoms with E-state index in [4.69, 9.17) is 8.83 Å². The molecule has 20 heavy (non-hydrogen) atoms. The van der Waals surface area contributed by atoms with Gasteiger partial charge in [-0.2, -0.15) is 0 Å². The minimum Gasteiger partial charge on any atom is -0.441 e. The number of aromatic nitrogens is 1. The number of fused-ring (bicyclic) bond motifs is 4. The molecule has 0 aliphatic heterocycles. The number of nitrogens with zero attached hydrogens (tertiary/aromatic N) is 1. The van der Waals surface area contributed by atoms with Gasteiger partial charge in [-0.05, 0) is 37.3 Å². The molecule has 0 atom stereocenters. The van der Waals surface area contributed by atoms with E-state index >= 15 is 0 Å². The normalized spacial score (nSPS) is 14.8. The van der Waals surface area contributed by atoms with Gasteiger partial charge in [0.2, 0.25) is 0 Å². The molecule has 0 N–H and O–H groups in total. The van der Waals surface area contributed by atoms with Crippen molar-refractivity contribution in [2.45, 2.75) is 39.0 Å². The van der Waals surface area contributed by atoms with Gasteiger partial charge in [0.25, 0.3) is 0 Å². The van der Waals surface area contributed by atoms with Crippen molar-refractivity contribution in [3.05, 3.63) is 39.6 Å². The molecule has 2 heterocycles. The van der Waals surface area contributed by atoms with Crippen LogP contribution >= 0.6 is 0 Å². The topological polar surface area (TPSA) is 56.2 Å². The van der Waals surface area contributed by atoms with Crippen LogP contribution in [0.4, 0.5) is 0 Å². The van der Waals surface area contributed by atoms with Gasteiger partial charge in [-0.1, -0.05) is 6.92 Å². The molecule has 1 aliphatic carbocycles. The van der Waals surface area contributed by atoms with Crippen molar-refractivity contribution in [3.63, 3.8) is 0 Å². The molecular weight excluding hydrogens is 254 g/mol. The predicted octanol–water partition coefficient (Wildman–Crippen LogP) is 3.38. The lowest BCUT2D eigenvalue weighted by Crippen LogP contribution is -2.15. The van der Waals surface area contributed by atoms with E-state index in [0.29, 0.717) is 17.1 Å². The Balaban J connectivity index is 2.10. The van der Waals surface area contributed by atoms with Crippen LogP contribution in [0.3, 0.4) is 0 Å². The zero-order valence-corrected chi connectivity index (χ0v) is 11.4. The van der Waals surface area contributed by atoms with E-state index in [2.05, 4.69) is 4.98 Å². The van der Waals surface area contributed by atoms with Crippen LogP contribution in [-0.2, 0) is 19.3 Å². The van der Waals surface area contributed by atoms with Crippen LogP contribution in [0, 0.1) is 0 Å². The third-order valence-electron chi connectivity index (χ3n) is 4.08. The summed E-state index contributed by atoms with van der Waals surface area (Å²) >= 11 is 0. The second-order valence-electron chi connectivity index (χ2n) is 5.33. The van der Waals surface area contributed by atoms with Crippen LogP contribution in [0.5, 0.6) is 0 Å². The zero-order valence-electron chi connectivity index (χ0n) is 11.4. The summed E-state index contributed by atoms with van der Waals surface area (Å²) in [5.74, 6) is 0.714. The van der Waals surface area contributed by atoms with Crippen molar-refractivity contribution in [2.24, 2.45) is 0 Å². The Morgan fingerprint density at radius 2 is 1.90 bits per heavy atom. The van der Waals surface area contributed by atoms with E-state index in [1.165, 1.54) is 0 Å². The summed E-state index contributed by atoms with van der Waals surface area (Å²) in [5.41, 5.74) is 3.95. The maximum atomic E-state index is 12.1. The fraction of sp³-hybridized carbons (Fsp3) is 0.375. The summed E-state index contributed by atoms with van der Waals surface area (Å²) in [6.45, 7) is 2.01. The molecule has 0 unspecified atom stereocenters. The van der Waals surface area contributed by atoms with Crippen LogP contribution in [0.15, 0.2) is 25.8 Å². The average Bonchev–Trinajstić information content (AvgIpc) is 2.88. The largest absolute Gasteiger partial charge is 0.441 e. The first kappa shape index (κ1) is 11.7. The Morgan fingerprint density at radius 3 is 2.70 bits per heavy atom. The van der Waals surface area contributed by atoms with Crippen LogP contribution < -0.4 is 5.63 Å². The van der Waals surface area contributed by atoms with Crippen LogP contribution in [-0.4, -0.2) is 4.98 Å². The van der Waals surface area contributed by atoms with Gasteiger partial charge < -0.3 is 8.83 Å². The van der Waals surface area contributed by atoms with E-state index in [1.54, 1.807) is 6.07 Å². The van der Waals surface area contributed by atoms with Crippen molar-refractivity contribution in [1.82, 2.24) is 4.98 Å².